The molecule has 0 saturated carbocycles. The third-order valence-electron chi connectivity index (χ3n) is 2.70. The lowest BCUT2D eigenvalue weighted by Crippen LogP contribution is -2.16. The molecule has 0 saturated heterocycles. The number of unbranched alkanes of at least 4 members (excludes halogenated alkanes) is 1. The lowest BCUT2D eigenvalue weighted by molar-refractivity contribution is -0.146. The monoisotopic (exact) mass is 328 g/mol. The minimum atomic E-state index is -0.314. The molecular weight excluding hydrogens is 308 g/mol. The lowest BCUT2D eigenvalue weighted by atomic mass is 10.0. The van der Waals surface area contributed by atoms with Crippen molar-refractivity contribution in [1.29, 1.82) is 0 Å². The van der Waals surface area contributed by atoms with Crippen LogP contribution in [0.5, 0.6) is 5.75 Å². The van der Waals surface area contributed by atoms with Gasteiger partial charge in [-0.2, -0.15) is 0 Å². The molecule has 0 aliphatic rings. The van der Waals surface area contributed by atoms with Gasteiger partial charge in [0.25, 0.3) is 0 Å². The van der Waals surface area contributed by atoms with Gasteiger partial charge in [0, 0.05) is 4.47 Å². The number of hydrogen-bond donors (Lipinski definition) is 0. The third-order valence-corrected chi connectivity index (χ3v) is 3.19. The van der Waals surface area contributed by atoms with Gasteiger partial charge in [-0.3, -0.25) is 0 Å². The summed E-state index contributed by atoms with van der Waals surface area (Å²) in [6.45, 7) is 6.67. The summed E-state index contributed by atoms with van der Waals surface area (Å²) in [6.07, 6.45) is 1.90. The number of hydrogen-bond acceptors (Lipinski definition) is 3. The molecule has 0 amide bonds. The minimum Gasteiger partial charge on any atom is -0.482 e. The van der Waals surface area contributed by atoms with Crippen molar-refractivity contribution < 1.29 is 14.3 Å². The second-order valence-corrected chi connectivity index (χ2v) is 5.62. The SMILES string of the molecule is CCCCOC(=O)COc1ccc(Br)cc1C(C)C. The summed E-state index contributed by atoms with van der Waals surface area (Å²) in [5.41, 5.74) is 1.08. The highest BCUT2D eigenvalue weighted by molar-refractivity contribution is 9.10. The fraction of sp³-hybridized carbons (Fsp3) is 0.533. The number of halogens is 1. The van der Waals surface area contributed by atoms with E-state index in [1.54, 1.807) is 0 Å². The number of esters is 1. The molecule has 3 nitrogen and oxygen atoms in total. The highest BCUT2D eigenvalue weighted by Gasteiger charge is 2.11. The number of ether oxygens (including phenoxy) is 2. The van der Waals surface area contributed by atoms with E-state index in [1.807, 2.05) is 18.2 Å². The maximum Gasteiger partial charge on any atom is 0.344 e. The molecule has 1 aromatic rings. The Balaban J connectivity index is 2.55. The van der Waals surface area contributed by atoms with Crippen LogP contribution in [0.15, 0.2) is 22.7 Å². The molecular formula is C15H21BrO3. The summed E-state index contributed by atoms with van der Waals surface area (Å²) in [6, 6.07) is 5.80. The molecule has 0 aliphatic carbocycles. The summed E-state index contributed by atoms with van der Waals surface area (Å²) in [5, 5.41) is 0. The van der Waals surface area contributed by atoms with E-state index >= 15 is 0 Å². The molecule has 0 heterocycles. The van der Waals surface area contributed by atoms with Crippen molar-refractivity contribution in [3.05, 3.63) is 28.2 Å². The average molecular weight is 329 g/mol. The van der Waals surface area contributed by atoms with Gasteiger partial charge in [0.2, 0.25) is 0 Å². The molecule has 0 aliphatic heterocycles. The van der Waals surface area contributed by atoms with Crippen molar-refractivity contribution in [1.82, 2.24) is 0 Å². The molecule has 19 heavy (non-hydrogen) atoms. The van der Waals surface area contributed by atoms with E-state index in [-0.39, 0.29) is 12.6 Å². The van der Waals surface area contributed by atoms with E-state index in [4.69, 9.17) is 9.47 Å². The maximum atomic E-state index is 11.5. The van der Waals surface area contributed by atoms with E-state index in [0.717, 1.165) is 28.6 Å². The molecule has 4 heteroatoms. The van der Waals surface area contributed by atoms with E-state index in [9.17, 15) is 4.79 Å². The number of carbonyl (C=O) groups excluding carboxylic acids is 1. The minimum absolute atomic E-state index is 0.0366. The van der Waals surface area contributed by atoms with Crippen LogP contribution in [0.25, 0.3) is 0 Å². The molecule has 106 valence electrons. The standard InChI is InChI=1S/C15H21BrO3/c1-4-5-8-18-15(17)10-19-14-7-6-12(16)9-13(14)11(2)3/h6-7,9,11H,4-5,8,10H2,1-3H3. The Morgan fingerprint density at radius 1 is 1.37 bits per heavy atom. The molecule has 0 fully saturated rings. The van der Waals surface area contributed by atoms with Gasteiger partial charge in [-0.05, 0) is 36.1 Å². The van der Waals surface area contributed by atoms with Crippen LogP contribution in [0.1, 0.15) is 45.1 Å². The Kier molecular flexibility index (Phi) is 6.92. The van der Waals surface area contributed by atoms with E-state index in [2.05, 4.69) is 36.7 Å². The quantitative estimate of drug-likeness (QED) is 0.553. The van der Waals surface area contributed by atoms with E-state index in [0.29, 0.717) is 12.5 Å². The largest absolute Gasteiger partial charge is 0.482 e. The summed E-state index contributed by atoms with van der Waals surface area (Å²) >= 11 is 3.44. The Morgan fingerprint density at radius 2 is 2.11 bits per heavy atom. The van der Waals surface area contributed by atoms with Crippen molar-refractivity contribution in [2.75, 3.05) is 13.2 Å². The van der Waals surface area contributed by atoms with Gasteiger partial charge < -0.3 is 9.47 Å². The molecule has 1 rings (SSSR count). The van der Waals surface area contributed by atoms with Crippen molar-refractivity contribution in [2.45, 2.75) is 39.5 Å². The average Bonchev–Trinajstić information content (AvgIpc) is 2.37. The Morgan fingerprint density at radius 3 is 2.74 bits per heavy atom. The summed E-state index contributed by atoms with van der Waals surface area (Å²) in [4.78, 5) is 11.5. The predicted octanol–water partition coefficient (Wildman–Crippen LogP) is 4.29. The van der Waals surface area contributed by atoms with Gasteiger partial charge in [-0.1, -0.05) is 43.1 Å². The van der Waals surface area contributed by atoms with Gasteiger partial charge in [0.1, 0.15) is 5.75 Å². The van der Waals surface area contributed by atoms with Crippen LogP contribution in [0.2, 0.25) is 0 Å². The van der Waals surface area contributed by atoms with Gasteiger partial charge in [0.15, 0.2) is 6.61 Å². The highest BCUT2D eigenvalue weighted by Crippen LogP contribution is 2.29. The molecule has 0 radical (unpaired) electrons. The molecule has 0 aromatic heterocycles. The maximum absolute atomic E-state index is 11.5. The van der Waals surface area contributed by atoms with E-state index < -0.39 is 0 Å². The van der Waals surface area contributed by atoms with Crippen LogP contribution in [0, 0.1) is 0 Å². The second-order valence-electron chi connectivity index (χ2n) is 4.70. The molecule has 1 aromatic carbocycles. The fourth-order valence-corrected chi connectivity index (χ4v) is 1.99. The highest BCUT2D eigenvalue weighted by atomic mass is 79.9. The van der Waals surface area contributed by atoms with Crippen molar-refractivity contribution in [3.8, 4) is 5.75 Å². The van der Waals surface area contributed by atoms with Crippen molar-refractivity contribution >= 4 is 21.9 Å². The van der Waals surface area contributed by atoms with Gasteiger partial charge in [0.05, 0.1) is 6.61 Å². The fourth-order valence-electron chi connectivity index (χ4n) is 1.61. The summed E-state index contributed by atoms with van der Waals surface area (Å²) < 4.78 is 11.6. The third kappa shape index (κ3) is 5.64. The molecule has 0 unspecified atom stereocenters. The van der Waals surface area contributed by atoms with E-state index in [1.165, 1.54) is 0 Å². The second kappa shape index (κ2) is 8.20. The Labute approximate surface area is 123 Å². The lowest BCUT2D eigenvalue weighted by Gasteiger charge is -2.14. The Hall–Kier alpha value is -1.03. The zero-order valence-corrected chi connectivity index (χ0v) is 13.3. The van der Waals surface area contributed by atoms with Crippen LogP contribution in [0.4, 0.5) is 0 Å². The zero-order valence-electron chi connectivity index (χ0n) is 11.7. The van der Waals surface area contributed by atoms with Crippen LogP contribution >= 0.6 is 15.9 Å². The number of rotatable bonds is 7. The first-order valence-electron chi connectivity index (χ1n) is 6.62. The Bertz CT molecular complexity index is 416. The van der Waals surface area contributed by atoms with Crippen LogP contribution in [-0.2, 0) is 9.53 Å². The molecule has 0 atom stereocenters. The normalized spacial score (nSPS) is 10.6. The molecule has 0 N–H and O–H groups in total. The zero-order chi connectivity index (χ0) is 14.3. The number of benzene rings is 1. The first kappa shape index (κ1) is 16.0. The molecule has 0 bridgehead atoms. The van der Waals surface area contributed by atoms with Crippen molar-refractivity contribution in [3.63, 3.8) is 0 Å². The van der Waals surface area contributed by atoms with Gasteiger partial charge in [-0.25, -0.2) is 4.79 Å². The van der Waals surface area contributed by atoms with Crippen molar-refractivity contribution in [2.24, 2.45) is 0 Å². The molecule has 0 spiro atoms. The smallest absolute Gasteiger partial charge is 0.344 e. The van der Waals surface area contributed by atoms with Gasteiger partial charge >= 0.3 is 5.97 Å². The first-order valence-corrected chi connectivity index (χ1v) is 7.41. The number of carbonyl (C=O) groups is 1. The topological polar surface area (TPSA) is 35.5 Å². The summed E-state index contributed by atoms with van der Waals surface area (Å²) in [7, 11) is 0. The van der Waals surface area contributed by atoms with Crippen LogP contribution in [0.3, 0.4) is 0 Å². The predicted molar refractivity (Wildman–Crippen MR) is 79.6 cm³/mol. The van der Waals surface area contributed by atoms with Crippen LogP contribution in [-0.4, -0.2) is 19.2 Å². The summed E-state index contributed by atoms with van der Waals surface area (Å²) in [5.74, 6) is 0.764. The van der Waals surface area contributed by atoms with Gasteiger partial charge in [-0.15, -0.1) is 0 Å². The first-order chi connectivity index (χ1) is 9.04. The van der Waals surface area contributed by atoms with Crippen LogP contribution < -0.4 is 4.74 Å².